The largest absolute Gasteiger partial charge is 0.462 e. The molecule has 0 saturated carbocycles. The average molecular weight is 715 g/mol. The minimum atomic E-state index is -1.06. The monoisotopic (exact) mass is 713 g/mol. The molecule has 0 radical (unpaired) electrons. The molecule has 3 heterocycles. The summed E-state index contributed by atoms with van der Waals surface area (Å²) in [5.41, 5.74) is 4.73. The van der Waals surface area contributed by atoms with E-state index in [-0.39, 0.29) is 25.0 Å². The van der Waals surface area contributed by atoms with Gasteiger partial charge in [0.05, 0.1) is 17.5 Å². The number of ether oxygens (including phenoxy) is 1. The molecule has 0 aliphatic carbocycles. The molecule has 14 heteroatoms. The van der Waals surface area contributed by atoms with Crippen molar-refractivity contribution in [1.29, 1.82) is 0 Å². The first-order chi connectivity index (χ1) is 23.3. The SMILES string of the molecule is CCc1ccc2ccc(/C=C/C(C)(C)C(=O)NC(C(=O)NC(Cn3cccn3)C(=O)N3CCCC(C(=O)OCC(Cl)Cl)N3)C(C)C)cc2n1. The number of aromatic nitrogens is 3. The van der Waals surface area contributed by atoms with Crippen molar-refractivity contribution >= 4 is 63.9 Å². The first-order valence-electron chi connectivity index (χ1n) is 16.5. The Balaban J connectivity index is 1.46. The summed E-state index contributed by atoms with van der Waals surface area (Å²) in [7, 11) is 0. The van der Waals surface area contributed by atoms with E-state index in [2.05, 4.69) is 28.1 Å². The van der Waals surface area contributed by atoms with Crippen LogP contribution in [0.3, 0.4) is 0 Å². The fourth-order valence-corrected chi connectivity index (χ4v) is 5.44. The fraction of sp³-hybridized carbons (Fsp3) is 0.486. The Morgan fingerprint density at radius 2 is 1.90 bits per heavy atom. The lowest BCUT2D eigenvalue weighted by atomic mass is 9.89. The van der Waals surface area contributed by atoms with Crippen LogP contribution in [0.1, 0.15) is 58.7 Å². The Morgan fingerprint density at radius 3 is 2.57 bits per heavy atom. The molecule has 1 fully saturated rings. The molecule has 49 heavy (non-hydrogen) atoms. The lowest BCUT2D eigenvalue weighted by Crippen LogP contribution is -2.62. The van der Waals surface area contributed by atoms with Gasteiger partial charge in [-0.15, -0.1) is 23.2 Å². The molecule has 2 aromatic heterocycles. The Hall–Kier alpha value is -4.00. The van der Waals surface area contributed by atoms with E-state index in [9.17, 15) is 19.2 Å². The van der Waals surface area contributed by atoms with Crippen LogP contribution in [0.2, 0.25) is 0 Å². The number of hydrogen-bond donors (Lipinski definition) is 3. The van der Waals surface area contributed by atoms with Gasteiger partial charge in [-0.05, 0) is 62.8 Å². The lowest BCUT2D eigenvalue weighted by molar-refractivity contribution is -0.153. The van der Waals surface area contributed by atoms with Crippen LogP contribution in [0, 0.1) is 11.3 Å². The summed E-state index contributed by atoms with van der Waals surface area (Å²) in [6, 6.07) is 8.93. The summed E-state index contributed by atoms with van der Waals surface area (Å²) >= 11 is 11.4. The summed E-state index contributed by atoms with van der Waals surface area (Å²) in [5, 5.41) is 12.3. The minimum absolute atomic E-state index is 0.0262. The highest BCUT2D eigenvalue weighted by molar-refractivity contribution is 6.44. The number of carbonyl (C=O) groups excluding carboxylic acids is 4. The molecule has 4 rings (SSSR count). The van der Waals surface area contributed by atoms with Gasteiger partial charge in [-0.1, -0.05) is 51.1 Å². The normalized spacial score (nSPS) is 16.6. The number of halogens is 2. The number of nitrogens with one attached hydrogen (secondary N) is 3. The topological polar surface area (TPSA) is 148 Å². The molecule has 12 nitrogen and oxygen atoms in total. The maximum atomic E-state index is 13.8. The molecule has 3 amide bonds. The van der Waals surface area contributed by atoms with Crippen LogP contribution >= 0.6 is 23.2 Å². The molecule has 264 valence electrons. The number of aryl methyl sites for hydroxylation is 1. The quantitative estimate of drug-likeness (QED) is 0.166. The van der Waals surface area contributed by atoms with Gasteiger partial charge in [0.15, 0.2) is 0 Å². The molecule has 3 aromatic rings. The number of alkyl halides is 2. The summed E-state index contributed by atoms with van der Waals surface area (Å²) in [6.07, 6.45) is 8.72. The first-order valence-corrected chi connectivity index (χ1v) is 17.3. The number of amides is 3. The van der Waals surface area contributed by atoms with Crippen LogP contribution in [-0.4, -0.2) is 79.6 Å². The van der Waals surface area contributed by atoms with Crippen molar-refractivity contribution in [3.63, 3.8) is 0 Å². The lowest BCUT2D eigenvalue weighted by Gasteiger charge is -2.35. The summed E-state index contributed by atoms with van der Waals surface area (Å²) in [5.74, 6) is -2.23. The van der Waals surface area contributed by atoms with E-state index >= 15 is 0 Å². The van der Waals surface area contributed by atoms with Gasteiger partial charge >= 0.3 is 5.97 Å². The van der Waals surface area contributed by atoms with Gasteiger partial charge in [0.1, 0.15) is 29.6 Å². The maximum Gasteiger partial charge on any atom is 0.325 e. The number of fused-ring (bicyclic) bond motifs is 1. The number of pyridine rings is 1. The molecule has 3 N–H and O–H groups in total. The van der Waals surface area contributed by atoms with Crippen molar-refractivity contribution in [2.45, 2.75) is 83.4 Å². The molecule has 1 aliphatic heterocycles. The van der Waals surface area contributed by atoms with Crippen LogP contribution in [0.15, 0.2) is 54.9 Å². The average Bonchev–Trinajstić information content (AvgIpc) is 3.60. The van der Waals surface area contributed by atoms with Crippen molar-refractivity contribution in [2.24, 2.45) is 11.3 Å². The molecule has 1 aromatic carbocycles. The van der Waals surface area contributed by atoms with E-state index in [1.54, 1.807) is 38.4 Å². The van der Waals surface area contributed by atoms with Crippen LogP contribution in [0.4, 0.5) is 0 Å². The van der Waals surface area contributed by atoms with Crippen molar-refractivity contribution in [3.05, 3.63) is 66.1 Å². The van der Waals surface area contributed by atoms with Gasteiger partial charge in [0.2, 0.25) is 11.8 Å². The molecular formula is C35H45Cl2N7O5. The fourth-order valence-electron chi connectivity index (χ4n) is 5.31. The third-order valence-corrected chi connectivity index (χ3v) is 8.53. The zero-order valence-corrected chi connectivity index (χ0v) is 30.0. The first kappa shape index (κ1) is 37.8. The second-order valence-electron chi connectivity index (χ2n) is 13.0. The van der Waals surface area contributed by atoms with Gasteiger partial charge in [-0.3, -0.25) is 33.9 Å². The van der Waals surface area contributed by atoms with Crippen molar-refractivity contribution in [3.8, 4) is 0 Å². The number of hydrogen-bond acceptors (Lipinski definition) is 8. The molecule has 3 unspecified atom stereocenters. The van der Waals surface area contributed by atoms with Gasteiger partial charge in [0, 0.05) is 30.0 Å². The summed E-state index contributed by atoms with van der Waals surface area (Å²) < 4.78 is 6.67. The van der Waals surface area contributed by atoms with Crippen molar-refractivity contribution < 1.29 is 23.9 Å². The number of hydrazine groups is 1. The van der Waals surface area contributed by atoms with Gasteiger partial charge in [-0.2, -0.15) is 5.10 Å². The maximum absolute atomic E-state index is 13.8. The van der Waals surface area contributed by atoms with E-state index in [4.69, 9.17) is 32.9 Å². The third kappa shape index (κ3) is 10.5. The highest BCUT2D eigenvalue weighted by Gasteiger charge is 2.36. The summed E-state index contributed by atoms with van der Waals surface area (Å²) in [6.45, 7) is 9.40. The Bertz CT molecular complexity index is 1640. The number of rotatable bonds is 14. The Morgan fingerprint density at radius 1 is 1.14 bits per heavy atom. The van der Waals surface area contributed by atoms with E-state index in [1.807, 2.05) is 50.3 Å². The number of carbonyl (C=O) groups is 4. The van der Waals surface area contributed by atoms with Crippen LogP contribution < -0.4 is 16.1 Å². The molecule has 1 saturated heterocycles. The predicted molar refractivity (Wildman–Crippen MR) is 189 cm³/mol. The van der Waals surface area contributed by atoms with Crippen LogP contribution in [-0.2, 0) is 36.9 Å². The number of benzene rings is 1. The van der Waals surface area contributed by atoms with Gasteiger partial charge in [0.25, 0.3) is 5.91 Å². The smallest absolute Gasteiger partial charge is 0.325 e. The second-order valence-corrected chi connectivity index (χ2v) is 14.3. The second kappa shape index (κ2) is 17.1. The van der Waals surface area contributed by atoms with E-state index in [0.717, 1.165) is 28.6 Å². The zero-order chi connectivity index (χ0) is 35.7. The molecular weight excluding hydrogens is 669 g/mol. The van der Waals surface area contributed by atoms with Crippen molar-refractivity contribution in [1.82, 2.24) is 35.8 Å². The number of esters is 1. The highest BCUT2D eigenvalue weighted by Crippen LogP contribution is 2.23. The van der Waals surface area contributed by atoms with Gasteiger partial charge < -0.3 is 15.4 Å². The molecule has 3 atom stereocenters. The summed E-state index contributed by atoms with van der Waals surface area (Å²) in [4.78, 5) is 57.6. The predicted octanol–water partition coefficient (Wildman–Crippen LogP) is 4.20. The standard InChI is InChI=1S/C35H45Cl2N7O5/c1-6-25-13-12-24-11-10-23(19-27(24)39-25)14-15-35(4,5)34(48)41-30(22(2)3)31(45)40-28(20-43-17-8-16-38-43)32(46)44-18-7-9-26(42-44)33(47)49-21-29(36)37/h8,10-17,19,22,26,28-30,42H,6-7,9,18,20-21H2,1-5H3,(H,40,45)(H,41,48)/b15-14+. The molecule has 0 bridgehead atoms. The van der Waals surface area contributed by atoms with E-state index in [1.165, 1.54) is 9.69 Å². The Kier molecular flexibility index (Phi) is 13.2. The van der Waals surface area contributed by atoms with Crippen LogP contribution in [0.5, 0.6) is 0 Å². The molecule has 1 aliphatic rings. The van der Waals surface area contributed by atoms with E-state index < -0.39 is 46.2 Å². The van der Waals surface area contributed by atoms with Gasteiger partial charge in [-0.25, -0.2) is 5.43 Å². The zero-order valence-electron chi connectivity index (χ0n) is 28.5. The third-order valence-electron chi connectivity index (χ3n) is 8.28. The highest BCUT2D eigenvalue weighted by atomic mass is 35.5. The van der Waals surface area contributed by atoms with E-state index in [0.29, 0.717) is 19.4 Å². The van der Waals surface area contributed by atoms with Crippen molar-refractivity contribution in [2.75, 3.05) is 13.2 Å². The van der Waals surface area contributed by atoms with Crippen LogP contribution in [0.25, 0.3) is 17.0 Å². The molecule has 0 spiro atoms. The minimum Gasteiger partial charge on any atom is -0.462 e. The Labute approximate surface area is 296 Å². The number of nitrogens with zero attached hydrogens (tertiary/aromatic N) is 4.